The van der Waals surface area contributed by atoms with Gasteiger partial charge in [-0.15, -0.1) is 0 Å². The highest BCUT2D eigenvalue weighted by Crippen LogP contribution is 2.28. The first-order chi connectivity index (χ1) is 15.9. The van der Waals surface area contributed by atoms with Crippen molar-refractivity contribution < 1.29 is 17.9 Å². The van der Waals surface area contributed by atoms with Gasteiger partial charge in [0.25, 0.3) is 5.91 Å². The lowest BCUT2D eigenvalue weighted by molar-refractivity contribution is 0.0936. The molecule has 178 valence electrons. The molecule has 1 N–H and O–H groups in total. The molecule has 1 heterocycles. The van der Waals surface area contributed by atoms with E-state index in [0.29, 0.717) is 18.8 Å². The normalized spacial score (nSPS) is 18.1. The van der Waals surface area contributed by atoms with Crippen molar-refractivity contribution in [2.45, 2.75) is 69.2 Å². The molecule has 7 heteroatoms. The third-order valence-electron chi connectivity index (χ3n) is 6.84. The van der Waals surface area contributed by atoms with E-state index in [1.54, 1.807) is 10.4 Å². The van der Waals surface area contributed by atoms with Crippen molar-refractivity contribution >= 4 is 15.9 Å². The van der Waals surface area contributed by atoms with Gasteiger partial charge in [0.2, 0.25) is 10.0 Å². The zero-order valence-corrected chi connectivity index (χ0v) is 20.4. The van der Waals surface area contributed by atoms with Gasteiger partial charge in [-0.05, 0) is 80.3 Å². The van der Waals surface area contributed by atoms with E-state index in [0.717, 1.165) is 44.1 Å². The van der Waals surface area contributed by atoms with Crippen LogP contribution in [0.15, 0.2) is 41.3 Å². The fourth-order valence-electron chi connectivity index (χ4n) is 4.84. The third kappa shape index (κ3) is 5.25. The smallest absolute Gasteiger partial charge is 0.255 e. The number of nitrogens with zero attached hydrogens (tertiary/aromatic N) is 1. The molecule has 0 bridgehead atoms. The van der Waals surface area contributed by atoms with Crippen LogP contribution in [0.2, 0.25) is 0 Å². The van der Waals surface area contributed by atoms with E-state index in [4.69, 9.17) is 4.74 Å². The number of ether oxygens (including phenoxy) is 1. The summed E-state index contributed by atoms with van der Waals surface area (Å²) in [7, 11) is -2.17. The number of rotatable bonds is 6. The van der Waals surface area contributed by atoms with Crippen molar-refractivity contribution in [3.8, 4) is 5.75 Å². The summed E-state index contributed by atoms with van der Waals surface area (Å²) in [6, 6.07) is 10.8. The summed E-state index contributed by atoms with van der Waals surface area (Å²) in [4.78, 5) is 13.3. The predicted molar refractivity (Wildman–Crippen MR) is 129 cm³/mol. The van der Waals surface area contributed by atoms with E-state index in [2.05, 4.69) is 23.5 Å². The van der Waals surface area contributed by atoms with Gasteiger partial charge in [-0.1, -0.05) is 31.0 Å². The molecule has 1 saturated heterocycles. The molecule has 33 heavy (non-hydrogen) atoms. The van der Waals surface area contributed by atoms with Crippen LogP contribution in [0.3, 0.4) is 0 Å². The van der Waals surface area contributed by atoms with Crippen LogP contribution in [0.25, 0.3) is 0 Å². The standard InChI is InChI=1S/C26H34N2O4S/c1-19(21-12-11-20-9-5-6-10-22(20)17-21)27-26(29)24-18-23(13-14-25(24)32-2)33(30,31)28-15-7-3-4-8-16-28/h11-14,17-19H,3-10,15-16H2,1-2H3,(H,27,29)/t19-/m0/s1. The van der Waals surface area contributed by atoms with Crippen LogP contribution in [-0.2, 0) is 22.9 Å². The number of benzene rings is 2. The average molecular weight is 471 g/mol. The number of hydrogen-bond acceptors (Lipinski definition) is 4. The highest BCUT2D eigenvalue weighted by atomic mass is 32.2. The molecule has 1 aliphatic heterocycles. The molecular formula is C26H34N2O4S. The summed E-state index contributed by atoms with van der Waals surface area (Å²) in [5.41, 5.74) is 4.05. The molecule has 0 radical (unpaired) electrons. The van der Waals surface area contributed by atoms with Gasteiger partial charge >= 0.3 is 0 Å². The summed E-state index contributed by atoms with van der Waals surface area (Å²) in [5.74, 6) is 0.0185. The minimum absolute atomic E-state index is 0.136. The maximum Gasteiger partial charge on any atom is 0.255 e. The fourth-order valence-corrected chi connectivity index (χ4v) is 6.38. The number of sulfonamides is 1. The van der Waals surface area contributed by atoms with Crippen molar-refractivity contribution in [3.05, 3.63) is 58.7 Å². The Balaban J connectivity index is 1.56. The quantitative estimate of drug-likeness (QED) is 0.668. The summed E-state index contributed by atoms with van der Waals surface area (Å²) in [5, 5.41) is 3.03. The van der Waals surface area contributed by atoms with Gasteiger partial charge in [0.1, 0.15) is 5.75 Å². The third-order valence-corrected chi connectivity index (χ3v) is 8.73. The van der Waals surface area contributed by atoms with Crippen LogP contribution in [0, 0.1) is 0 Å². The number of carbonyl (C=O) groups excluding carboxylic acids is 1. The number of aryl methyl sites for hydroxylation is 2. The van der Waals surface area contributed by atoms with Gasteiger partial charge in [0.15, 0.2) is 0 Å². The molecule has 1 fully saturated rings. The van der Waals surface area contributed by atoms with E-state index < -0.39 is 10.0 Å². The maximum absolute atomic E-state index is 13.2. The van der Waals surface area contributed by atoms with Gasteiger partial charge in [-0.25, -0.2) is 8.42 Å². The van der Waals surface area contributed by atoms with Gasteiger partial charge in [-0.2, -0.15) is 4.31 Å². The van der Waals surface area contributed by atoms with E-state index in [9.17, 15) is 13.2 Å². The Bertz CT molecular complexity index is 1110. The van der Waals surface area contributed by atoms with Crippen LogP contribution in [0.5, 0.6) is 5.75 Å². The second kappa shape index (κ2) is 10.3. The number of hydrogen-bond donors (Lipinski definition) is 1. The number of nitrogens with one attached hydrogen (secondary N) is 1. The molecule has 2 aromatic carbocycles. The number of amides is 1. The molecule has 0 unspecified atom stereocenters. The Hall–Kier alpha value is -2.38. The molecule has 0 saturated carbocycles. The zero-order chi connectivity index (χ0) is 23.4. The van der Waals surface area contributed by atoms with Crippen molar-refractivity contribution in [3.63, 3.8) is 0 Å². The molecular weight excluding hydrogens is 436 g/mol. The predicted octanol–water partition coefficient (Wildman–Crippen LogP) is 4.63. The van der Waals surface area contributed by atoms with Crippen LogP contribution in [0.1, 0.15) is 78.5 Å². The second-order valence-electron chi connectivity index (χ2n) is 9.11. The minimum Gasteiger partial charge on any atom is -0.496 e. The lowest BCUT2D eigenvalue weighted by Gasteiger charge is -2.22. The highest BCUT2D eigenvalue weighted by molar-refractivity contribution is 7.89. The van der Waals surface area contributed by atoms with Crippen molar-refractivity contribution in [2.75, 3.05) is 20.2 Å². The minimum atomic E-state index is -3.66. The zero-order valence-electron chi connectivity index (χ0n) is 19.6. The molecule has 1 aliphatic carbocycles. The molecule has 1 atom stereocenters. The molecule has 2 aliphatic rings. The van der Waals surface area contributed by atoms with Gasteiger partial charge in [0, 0.05) is 13.1 Å². The largest absolute Gasteiger partial charge is 0.496 e. The molecule has 6 nitrogen and oxygen atoms in total. The van der Waals surface area contributed by atoms with Crippen LogP contribution >= 0.6 is 0 Å². The average Bonchev–Trinajstić information content (AvgIpc) is 3.13. The molecule has 0 spiro atoms. The fraction of sp³-hybridized carbons (Fsp3) is 0.500. The SMILES string of the molecule is COc1ccc(S(=O)(=O)N2CCCCCC2)cc1C(=O)N[C@@H](C)c1ccc2c(c1)CCCC2. The molecule has 4 rings (SSSR count). The lowest BCUT2D eigenvalue weighted by Crippen LogP contribution is -2.32. The van der Waals surface area contributed by atoms with Crippen molar-refractivity contribution in [2.24, 2.45) is 0 Å². The molecule has 0 aromatic heterocycles. The number of fused-ring (bicyclic) bond motifs is 1. The van der Waals surface area contributed by atoms with Gasteiger partial charge in [-0.3, -0.25) is 4.79 Å². The first-order valence-corrected chi connectivity index (χ1v) is 13.4. The Morgan fingerprint density at radius 1 is 0.939 bits per heavy atom. The van der Waals surface area contributed by atoms with E-state index in [-0.39, 0.29) is 22.4 Å². The van der Waals surface area contributed by atoms with Gasteiger partial charge < -0.3 is 10.1 Å². The van der Waals surface area contributed by atoms with Crippen molar-refractivity contribution in [1.82, 2.24) is 9.62 Å². The van der Waals surface area contributed by atoms with E-state index in [1.807, 2.05) is 6.92 Å². The maximum atomic E-state index is 13.2. The van der Waals surface area contributed by atoms with Crippen LogP contribution < -0.4 is 10.1 Å². The second-order valence-corrected chi connectivity index (χ2v) is 11.0. The van der Waals surface area contributed by atoms with Crippen LogP contribution in [-0.4, -0.2) is 38.8 Å². The van der Waals surface area contributed by atoms with E-state index in [1.165, 1.54) is 43.2 Å². The Labute approximate surface area is 197 Å². The van der Waals surface area contributed by atoms with Crippen molar-refractivity contribution in [1.29, 1.82) is 0 Å². The van der Waals surface area contributed by atoms with Crippen LogP contribution in [0.4, 0.5) is 0 Å². The summed E-state index contributed by atoms with van der Waals surface area (Å²) in [6.07, 6.45) is 8.44. The Kier molecular flexibility index (Phi) is 7.39. The summed E-state index contributed by atoms with van der Waals surface area (Å²) >= 11 is 0. The number of carbonyl (C=O) groups is 1. The topological polar surface area (TPSA) is 75.7 Å². The number of methoxy groups -OCH3 is 1. The first-order valence-electron chi connectivity index (χ1n) is 12.0. The molecule has 2 aromatic rings. The monoisotopic (exact) mass is 470 g/mol. The molecule has 1 amide bonds. The Morgan fingerprint density at radius 3 is 2.33 bits per heavy atom. The summed E-state index contributed by atoms with van der Waals surface area (Å²) < 4.78 is 33.4. The first kappa shape index (κ1) is 23.8. The summed E-state index contributed by atoms with van der Waals surface area (Å²) in [6.45, 7) is 2.99. The highest BCUT2D eigenvalue weighted by Gasteiger charge is 2.27. The van der Waals surface area contributed by atoms with E-state index >= 15 is 0 Å². The lowest BCUT2D eigenvalue weighted by atomic mass is 9.89. The van der Waals surface area contributed by atoms with Gasteiger partial charge in [0.05, 0.1) is 23.6 Å². The Morgan fingerprint density at radius 2 is 1.64 bits per heavy atom.